The van der Waals surface area contributed by atoms with Crippen molar-refractivity contribution >= 4 is 48.2 Å². The van der Waals surface area contributed by atoms with Crippen LogP contribution in [0.4, 0.5) is 0 Å². The molecule has 0 fully saturated rings. The maximum absolute atomic E-state index is 5.61. The van der Waals surface area contributed by atoms with Crippen molar-refractivity contribution in [2.45, 2.75) is 0 Å². The molecule has 0 heterocycles. The summed E-state index contributed by atoms with van der Waals surface area (Å²) in [6.45, 7) is 0. The Balaban J connectivity index is 0.00000192. The van der Waals surface area contributed by atoms with Gasteiger partial charge < -0.3 is 4.74 Å². The van der Waals surface area contributed by atoms with E-state index in [4.69, 9.17) is 4.74 Å². The molecule has 0 aliphatic rings. The van der Waals surface area contributed by atoms with Crippen molar-refractivity contribution in [3.05, 3.63) is 83.3 Å². The largest absolute Gasteiger partial charge is 0.496 e. The van der Waals surface area contributed by atoms with Crippen molar-refractivity contribution in [3.8, 4) is 5.75 Å². The lowest BCUT2D eigenvalue weighted by Crippen LogP contribution is -2.22. The maximum Gasteiger partial charge on any atom is 0.127 e. The highest BCUT2D eigenvalue weighted by Crippen LogP contribution is 2.38. The molecule has 0 amide bonds. The number of benzene rings is 3. The highest BCUT2D eigenvalue weighted by molar-refractivity contribution is 9.10. The van der Waals surface area contributed by atoms with E-state index in [1.165, 1.54) is 15.9 Å². The Bertz CT molecular complexity index is 764. The second-order valence-corrected chi connectivity index (χ2v) is 7.80. The minimum absolute atomic E-state index is 0. The van der Waals surface area contributed by atoms with Crippen LogP contribution < -0.4 is 20.7 Å². The Hall–Kier alpha value is -1.57. The van der Waals surface area contributed by atoms with E-state index in [0.717, 1.165) is 10.2 Å². The molecule has 3 aromatic carbocycles. The van der Waals surface area contributed by atoms with E-state index >= 15 is 0 Å². The van der Waals surface area contributed by atoms with Crippen LogP contribution in [0, 0.1) is 0 Å². The number of hydrogen-bond donors (Lipinski definition) is 0. The van der Waals surface area contributed by atoms with Gasteiger partial charge >= 0.3 is 0 Å². The molecule has 3 rings (SSSR count). The van der Waals surface area contributed by atoms with Gasteiger partial charge in [0.15, 0.2) is 0 Å². The van der Waals surface area contributed by atoms with Crippen molar-refractivity contribution in [1.82, 2.24) is 0 Å². The molecule has 4 heteroatoms. The molecule has 0 saturated heterocycles. The average molecular weight is 382 g/mol. The van der Waals surface area contributed by atoms with Gasteiger partial charge in [0.1, 0.15) is 5.75 Å². The molecule has 0 aliphatic heterocycles. The fourth-order valence-corrected chi connectivity index (χ4v) is 5.68. The fraction of sp³-hybridized carbons (Fsp3) is 0.0526. The smallest absolute Gasteiger partial charge is 0.127 e. The number of ether oxygens (including phenoxy) is 1. The van der Waals surface area contributed by atoms with Crippen LogP contribution >= 0.6 is 23.9 Å². The lowest BCUT2D eigenvalue weighted by atomic mass is 10.3. The topological polar surface area (TPSA) is 9.23 Å². The van der Waals surface area contributed by atoms with Crippen LogP contribution in [0.15, 0.2) is 83.3 Å². The molecule has 1 atom stereocenters. The number of hydrogen-bond acceptors (Lipinski definition) is 1. The van der Waals surface area contributed by atoms with E-state index in [1.54, 1.807) is 7.11 Å². The second-order valence-electron chi connectivity index (χ2n) is 4.79. The molecular formula is C19H16BBrOP. The van der Waals surface area contributed by atoms with Crippen LogP contribution in [-0.4, -0.2) is 15.5 Å². The quantitative estimate of drug-likeness (QED) is 0.493. The first-order chi connectivity index (χ1) is 10.8. The van der Waals surface area contributed by atoms with E-state index in [-0.39, 0.29) is 8.41 Å². The zero-order chi connectivity index (χ0) is 15.4. The number of para-hydroxylation sites is 1. The van der Waals surface area contributed by atoms with Gasteiger partial charge in [-0.05, 0) is 30.7 Å². The summed E-state index contributed by atoms with van der Waals surface area (Å²) in [5.41, 5.74) is 0. The van der Waals surface area contributed by atoms with Gasteiger partial charge in [0.2, 0.25) is 0 Å². The third-order valence-electron chi connectivity index (χ3n) is 3.43. The summed E-state index contributed by atoms with van der Waals surface area (Å²) in [4.78, 5) is 0. The first kappa shape index (κ1) is 17.8. The van der Waals surface area contributed by atoms with Gasteiger partial charge in [-0.15, -0.1) is 0 Å². The molecular weight excluding hydrogens is 366 g/mol. The molecule has 3 radical (unpaired) electrons. The van der Waals surface area contributed by atoms with E-state index in [9.17, 15) is 0 Å². The van der Waals surface area contributed by atoms with E-state index in [1.807, 2.05) is 18.2 Å². The van der Waals surface area contributed by atoms with Crippen LogP contribution in [-0.2, 0) is 0 Å². The van der Waals surface area contributed by atoms with Gasteiger partial charge in [0.05, 0.1) is 7.11 Å². The van der Waals surface area contributed by atoms with Crippen LogP contribution in [0.3, 0.4) is 0 Å². The molecule has 3 aromatic rings. The summed E-state index contributed by atoms with van der Waals surface area (Å²) in [5.74, 6) is 0.938. The normalized spacial score (nSPS) is 11.4. The first-order valence-electron chi connectivity index (χ1n) is 7.04. The minimum atomic E-state index is -0.665. The molecule has 0 bridgehead atoms. The fourth-order valence-electron chi connectivity index (χ4n) is 2.43. The summed E-state index contributed by atoms with van der Waals surface area (Å²) < 4.78 is 6.75. The van der Waals surface area contributed by atoms with Gasteiger partial charge in [-0.3, -0.25) is 0 Å². The molecule has 0 aromatic heterocycles. The number of methoxy groups -OCH3 is 1. The molecule has 0 spiro atoms. The third kappa shape index (κ3) is 3.86. The summed E-state index contributed by atoms with van der Waals surface area (Å²) in [6, 6.07) is 27.3. The highest BCUT2D eigenvalue weighted by atomic mass is 79.9. The van der Waals surface area contributed by atoms with E-state index in [2.05, 4.69) is 76.6 Å². The minimum Gasteiger partial charge on any atom is -0.496 e. The van der Waals surface area contributed by atoms with Gasteiger partial charge in [0.25, 0.3) is 0 Å². The van der Waals surface area contributed by atoms with Crippen LogP contribution in [0.5, 0.6) is 5.75 Å². The Morgan fingerprint density at radius 3 is 1.96 bits per heavy atom. The molecule has 1 nitrogen and oxygen atoms in total. The van der Waals surface area contributed by atoms with Gasteiger partial charge in [0, 0.05) is 18.2 Å². The van der Waals surface area contributed by atoms with Gasteiger partial charge in [-0.25, -0.2) is 0 Å². The van der Waals surface area contributed by atoms with Crippen molar-refractivity contribution in [3.63, 3.8) is 0 Å². The SMILES string of the molecule is COc1ccccc1[P@](c1ccccc1)c1ccccc1Br.[B]. The van der Waals surface area contributed by atoms with Crippen molar-refractivity contribution < 1.29 is 4.74 Å². The van der Waals surface area contributed by atoms with Crippen LogP contribution in [0.25, 0.3) is 0 Å². The number of rotatable bonds is 4. The standard InChI is InChI=1S/C19H16BrOP.B/c1-21-17-12-6-8-14-19(17)22(15-9-3-2-4-10-15)18-13-7-5-11-16(18)20;/h2-14H,1H3;/t22-;/m1./s1. The highest BCUT2D eigenvalue weighted by Gasteiger charge is 2.21. The Kier molecular flexibility index (Phi) is 6.44. The monoisotopic (exact) mass is 381 g/mol. The molecule has 23 heavy (non-hydrogen) atoms. The third-order valence-corrected chi connectivity index (χ3v) is 6.97. The summed E-state index contributed by atoms with van der Waals surface area (Å²) in [7, 11) is 1.07. The van der Waals surface area contributed by atoms with Crippen molar-refractivity contribution in [2.75, 3.05) is 7.11 Å². The van der Waals surface area contributed by atoms with Gasteiger partial charge in [-0.1, -0.05) is 82.7 Å². The van der Waals surface area contributed by atoms with Crippen LogP contribution in [0.1, 0.15) is 0 Å². The molecule has 0 saturated carbocycles. The molecule has 113 valence electrons. The second kappa shape index (κ2) is 8.33. The predicted molar refractivity (Wildman–Crippen MR) is 105 cm³/mol. The van der Waals surface area contributed by atoms with Crippen LogP contribution in [0.2, 0.25) is 0 Å². The van der Waals surface area contributed by atoms with E-state index in [0.29, 0.717) is 0 Å². The Labute approximate surface area is 149 Å². The number of halogens is 1. The average Bonchev–Trinajstić information content (AvgIpc) is 2.58. The van der Waals surface area contributed by atoms with Crippen molar-refractivity contribution in [2.24, 2.45) is 0 Å². The summed E-state index contributed by atoms with van der Waals surface area (Å²) in [6.07, 6.45) is 0. The first-order valence-corrected chi connectivity index (χ1v) is 9.17. The van der Waals surface area contributed by atoms with Gasteiger partial charge in [-0.2, -0.15) is 0 Å². The maximum atomic E-state index is 5.61. The zero-order valence-corrected chi connectivity index (χ0v) is 15.3. The zero-order valence-electron chi connectivity index (χ0n) is 12.8. The predicted octanol–water partition coefficient (Wildman–Crippen LogP) is 3.84. The van der Waals surface area contributed by atoms with E-state index < -0.39 is 7.92 Å². The molecule has 0 N–H and O–H groups in total. The lowest BCUT2D eigenvalue weighted by Gasteiger charge is -2.22. The van der Waals surface area contributed by atoms with Crippen molar-refractivity contribution in [1.29, 1.82) is 0 Å². The lowest BCUT2D eigenvalue weighted by molar-refractivity contribution is 0.418. The Morgan fingerprint density at radius 2 is 1.30 bits per heavy atom. The summed E-state index contributed by atoms with van der Waals surface area (Å²) in [5, 5.41) is 3.85. The summed E-state index contributed by atoms with van der Waals surface area (Å²) >= 11 is 3.71. The molecule has 0 aliphatic carbocycles. The molecule has 0 unspecified atom stereocenters. The Morgan fingerprint density at radius 1 is 0.739 bits per heavy atom.